The highest BCUT2D eigenvalue weighted by Crippen LogP contribution is 2.39. The molecule has 1 aromatic carbocycles. The summed E-state index contributed by atoms with van der Waals surface area (Å²) in [6.07, 6.45) is 1.38. The van der Waals surface area contributed by atoms with Gasteiger partial charge in [-0.15, -0.1) is 11.3 Å². The number of carbonyl (C=O) groups is 1. The molecule has 5 nitrogen and oxygen atoms in total. The van der Waals surface area contributed by atoms with Crippen LogP contribution in [0, 0.1) is 6.92 Å². The fourth-order valence-corrected chi connectivity index (χ4v) is 4.25. The largest absolute Gasteiger partial charge is 0.504 e. The first-order valence-electron chi connectivity index (χ1n) is 8.58. The number of hydrogen-bond acceptors (Lipinski definition) is 5. The second-order valence-electron chi connectivity index (χ2n) is 6.50. The van der Waals surface area contributed by atoms with Crippen molar-refractivity contribution >= 4 is 17.2 Å². The van der Waals surface area contributed by atoms with E-state index in [1.165, 1.54) is 4.88 Å². The molecule has 2 aromatic rings. The highest BCUT2D eigenvalue weighted by atomic mass is 32.1. The van der Waals surface area contributed by atoms with Crippen LogP contribution < -0.4 is 4.74 Å². The van der Waals surface area contributed by atoms with Gasteiger partial charge in [0.1, 0.15) is 12.7 Å². The zero-order valence-corrected chi connectivity index (χ0v) is 15.0. The second kappa shape index (κ2) is 6.69. The van der Waals surface area contributed by atoms with E-state index >= 15 is 0 Å². The molecule has 1 unspecified atom stereocenters. The van der Waals surface area contributed by atoms with Crippen LogP contribution in [0.2, 0.25) is 0 Å². The minimum absolute atomic E-state index is 0.0193. The SMILES string of the molecule is Cc1ccc(-c2cc(O)c3c(c2)CN(C(=O)C2CCCO2)CCO3)s1. The van der Waals surface area contributed by atoms with E-state index in [2.05, 4.69) is 13.0 Å². The highest BCUT2D eigenvalue weighted by molar-refractivity contribution is 7.15. The number of fused-ring (bicyclic) bond motifs is 1. The van der Waals surface area contributed by atoms with E-state index in [0.29, 0.717) is 32.1 Å². The van der Waals surface area contributed by atoms with E-state index in [4.69, 9.17) is 9.47 Å². The predicted molar refractivity (Wildman–Crippen MR) is 96.0 cm³/mol. The van der Waals surface area contributed by atoms with E-state index in [-0.39, 0.29) is 17.8 Å². The number of hydrogen-bond donors (Lipinski definition) is 1. The Morgan fingerprint density at radius 3 is 2.92 bits per heavy atom. The van der Waals surface area contributed by atoms with Gasteiger partial charge in [0.2, 0.25) is 0 Å². The molecule has 3 heterocycles. The lowest BCUT2D eigenvalue weighted by Crippen LogP contribution is -2.39. The lowest BCUT2D eigenvalue weighted by Gasteiger charge is -2.23. The molecule has 6 heteroatoms. The number of aryl methyl sites for hydroxylation is 1. The summed E-state index contributed by atoms with van der Waals surface area (Å²) in [6.45, 7) is 4.01. The number of carbonyl (C=O) groups excluding carboxylic acids is 1. The molecule has 0 bridgehead atoms. The summed E-state index contributed by atoms with van der Waals surface area (Å²) in [4.78, 5) is 16.8. The van der Waals surface area contributed by atoms with Crippen LogP contribution in [0.25, 0.3) is 10.4 Å². The van der Waals surface area contributed by atoms with E-state index in [1.807, 2.05) is 12.1 Å². The van der Waals surface area contributed by atoms with Gasteiger partial charge in [-0.3, -0.25) is 4.79 Å². The van der Waals surface area contributed by atoms with E-state index in [9.17, 15) is 9.90 Å². The minimum Gasteiger partial charge on any atom is -0.504 e. The Morgan fingerprint density at radius 2 is 2.20 bits per heavy atom. The lowest BCUT2D eigenvalue weighted by molar-refractivity contribution is -0.141. The van der Waals surface area contributed by atoms with Gasteiger partial charge in [-0.1, -0.05) is 0 Å². The first-order chi connectivity index (χ1) is 12.1. The van der Waals surface area contributed by atoms with Gasteiger partial charge in [0, 0.05) is 28.5 Å². The highest BCUT2D eigenvalue weighted by Gasteiger charge is 2.30. The van der Waals surface area contributed by atoms with Crippen molar-refractivity contribution in [3.8, 4) is 21.9 Å². The van der Waals surface area contributed by atoms with E-state index < -0.39 is 0 Å². The number of benzene rings is 1. The fourth-order valence-electron chi connectivity index (χ4n) is 3.40. The summed E-state index contributed by atoms with van der Waals surface area (Å²) in [5.74, 6) is 0.635. The molecule has 1 fully saturated rings. The Hall–Kier alpha value is -2.05. The maximum atomic E-state index is 12.7. The molecule has 25 heavy (non-hydrogen) atoms. The molecular formula is C19H21NO4S. The minimum atomic E-state index is -0.335. The maximum absolute atomic E-state index is 12.7. The first-order valence-corrected chi connectivity index (χ1v) is 9.39. The summed E-state index contributed by atoms with van der Waals surface area (Å²) >= 11 is 1.68. The summed E-state index contributed by atoms with van der Waals surface area (Å²) in [5.41, 5.74) is 1.79. The number of aromatic hydroxyl groups is 1. The summed E-state index contributed by atoms with van der Waals surface area (Å²) < 4.78 is 11.3. The van der Waals surface area contributed by atoms with Crippen LogP contribution in [0.15, 0.2) is 24.3 Å². The molecule has 1 N–H and O–H groups in total. The Morgan fingerprint density at radius 1 is 1.32 bits per heavy atom. The standard InChI is InChI=1S/C19H21NO4S/c1-12-4-5-17(25-12)13-9-14-11-20(19(22)16-3-2-7-23-16)6-8-24-18(14)15(21)10-13/h4-5,9-10,16,21H,2-3,6-8,11H2,1H3. The maximum Gasteiger partial charge on any atom is 0.252 e. The molecule has 132 valence electrons. The Labute approximate surface area is 150 Å². The first kappa shape index (κ1) is 16.4. The molecule has 0 aliphatic carbocycles. The molecule has 1 amide bonds. The topological polar surface area (TPSA) is 59.0 Å². The average molecular weight is 359 g/mol. The summed E-state index contributed by atoms with van der Waals surface area (Å²) in [7, 11) is 0. The molecule has 0 spiro atoms. The quantitative estimate of drug-likeness (QED) is 0.894. The number of nitrogens with zero attached hydrogens (tertiary/aromatic N) is 1. The van der Waals surface area contributed by atoms with Gasteiger partial charge in [0.05, 0.1) is 6.54 Å². The van der Waals surface area contributed by atoms with Gasteiger partial charge < -0.3 is 19.5 Å². The number of phenols is 1. The fraction of sp³-hybridized carbons (Fsp3) is 0.421. The zero-order chi connectivity index (χ0) is 17.4. The van der Waals surface area contributed by atoms with Crippen molar-refractivity contribution in [2.45, 2.75) is 32.4 Å². The summed E-state index contributed by atoms with van der Waals surface area (Å²) in [5, 5.41) is 10.4. The van der Waals surface area contributed by atoms with Crippen molar-refractivity contribution in [1.29, 1.82) is 0 Å². The smallest absolute Gasteiger partial charge is 0.252 e. The van der Waals surface area contributed by atoms with Crippen LogP contribution in [-0.2, 0) is 16.1 Å². The molecule has 0 radical (unpaired) electrons. The van der Waals surface area contributed by atoms with Crippen molar-refractivity contribution in [2.24, 2.45) is 0 Å². The van der Waals surface area contributed by atoms with Gasteiger partial charge in [-0.2, -0.15) is 0 Å². The normalized spacial score (nSPS) is 20.0. The van der Waals surface area contributed by atoms with Crippen molar-refractivity contribution in [2.75, 3.05) is 19.8 Å². The number of phenolic OH excluding ortho intramolecular Hbond substituents is 1. The van der Waals surface area contributed by atoms with Gasteiger partial charge >= 0.3 is 0 Å². The van der Waals surface area contributed by atoms with Crippen molar-refractivity contribution in [1.82, 2.24) is 4.90 Å². The van der Waals surface area contributed by atoms with Gasteiger partial charge in [0.25, 0.3) is 5.91 Å². The molecule has 4 rings (SSSR count). The molecule has 0 saturated carbocycles. The van der Waals surface area contributed by atoms with Crippen LogP contribution in [0.1, 0.15) is 23.3 Å². The molecule has 1 saturated heterocycles. The van der Waals surface area contributed by atoms with Crippen LogP contribution in [-0.4, -0.2) is 41.8 Å². The van der Waals surface area contributed by atoms with Crippen molar-refractivity contribution in [3.05, 3.63) is 34.7 Å². The van der Waals surface area contributed by atoms with Gasteiger partial charge in [-0.05, 0) is 49.6 Å². The number of thiophene rings is 1. The third kappa shape index (κ3) is 3.24. The number of ether oxygens (including phenoxy) is 2. The van der Waals surface area contributed by atoms with Crippen LogP contribution in [0.4, 0.5) is 0 Å². The zero-order valence-electron chi connectivity index (χ0n) is 14.2. The molecule has 1 aromatic heterocycles. The van der Waals surface area contributed by atoms with Gasteiger partial charge in [0.15, 0.2) is 11.5 Å². The average Bonchev–Trinajstić information content (AvgIpc) is 3.22. The van der Waals surface area contributed by atoms with Crippen molar-refractivity contribution < 1.29 is 19.4 Å². The van der Waals surface area contributed by atoms with Crippen LogP contribution in [0.3, 0.4) is 0 Å². The second-order valence-corrected chi connectivity index (χ2v) is 7.79. The molecule has 1 atom stereocenters. The lowest BCUT2D eigenvalue weighted by atomic mass is 10.1. The third-order valence-electron chi connectivity index (χ3n) is 4.66. The Balaban J connectivity index is 1.65. The summed E-state index contributed by atoms with van der Waals surface area (Å²) in [6, 6.07) is 7.86. The van der Waals surface area contributed by atoms with Gasteiger partial charge in [-0.25, -0.2) is 0 Å². The predicted octanol–water partition coefficient (Wildman–Crippen LogP) is 3.33. The van der Waals surface area contributed by atoms with Crippen LogP contribution >= 0.6 is 11.3 Å². The monoisotopic (exact) mass is 359 g/mol. The van der Waals surface area contributed by atoms with E-state index in [0.717, 1.165) is 28.8 Å². The number of rotatable bonds is 2. The molecule has 2 aliphatic heterocycles. The van der Waals surface area contributed by atoms with E-state index in [1.54, 1.807) is 22.3 Å². The molecule has 2 aliphatic rings. The number of amides is 1. The Bertz CT molecular complexity index is 795. The van der Waals surface area contributed by atoms with Crippen molar-refractivity contribution in [3.63, 3.8) is 0 Å². The molecular weight excluding hydrogens is 338 g/mol. The van der Waals surface area contributed by atoms with Crippen LogP contribution in [0.5, 0.6) is 11.5 Å². The Kier molecular flexibility index (Phi) is 4.39. The third-order valence-corrected chi connectivity index (χ3v) is 5.71.